The highest BCUT2D eigenvalue weighted by molar-refractivity contribution is 6.04. The van der Waals surface area contributed by atoms with Gasteiger partial charge < -0.3 is 10.1 Å². The summed E-state index contributed by atoms with van der Waals surface area (Å²) < 4.78 is 5.71. The number of carbonyl (C=O) groups excluding carboxylic acids is 2. The first-order chi connectivity index (χ1) is 16.6. The van der Waals surface area contributed by atoms with E-state index in [9.17, 15) is 9.59 Å². The number of ketones is 1. The molecule has 1 N–H and O–H groups in total. The molecule has 0 saturated heterocycles. The summed E-state index contributed by atoms with van der Waals surface area (Å²) in [6.07, 6.45) is 4.52. The van der Waals surface area contributed by atoms with Gasteiger partial charge in [0, 0.05) is 41.7 Å². The fourth-order valence-electron chi connectivity index (χ4n) is 4.96. The highest BCUT2D eigenvalue weighted by atomic mass is 16.5. The highest BCUT2D eigenvalue weighted by Crippen LogP contribution is 2.45. The van der Waals surface area contributed by atoms with Crippen LogP contribution in [-0.2, 0) is 20.9 Å². The first kappa shape index (κ1) is 21.8. The van der Waals surface area contributed by atoms with Crippen molar-refractivity contribution in [1.29, 1.82) is 0 Å². The predicted molar refractivity (Wildman–Crippen MR) is 130 cm³/mol. The average molecular weight is 451 g/mol. The molecule has 2 aliphatic rings. The lowest BCUT2D eigenvalue weighted by atomic mass is 9.72. The van der Waals surface area contributed by atoms with Crippen LogP contribution in [-0.4, -0.2) is 16.7 Å². The van der Waals surface area contributed by atoms with Crippen LogP contribution in [0.3, 0.4) is 0 Å². The molecule has 2 aromatic carbocycles. The zero-order valence-corrected chi connectivity index (χ0v) is 19.0. The largest absolute Gasteiger partial charge is 0.457 e. The third-order valence-electron chi connectivity index (χ3n) is 6.57. The Morgan fingerprint density at radius 2 is 1.62 bits per heavy atom. The summed E-state index contributed by atoms with van der Waals surface area (Å²) >= 11 is 0. The number of hydrogen-bond acceptors (Lipinski definition) is 5. The standard InChI is InChI=1S/C29H26N2O3/c1-19-26(29(33)34-18-20-8-4-2-5-9-20)27(22-12-14-30-15-13-22)28-24(31-19)16-23(17-25(28)32)21-10-6-3-7-11-21/h2-15,23,27,31H,16-18H2,1H3/t23-,27+/m1/s1. The lowest BCUT2D eigenvalue weighted by molar-refractivity contribution is -0.140. The molecule has 5 heteroatoms. The molecule has 1 aromatic heterocycles. The van der Waals surface area contributed by atoms with Crippen LogP contribution in [0, 0.1) is 0 Å². The highest BCUT2D eigenvalue weighted by Gasteiger charge is 2.41. The summed E-state index contributed by atoms with van der Waals surface area (Å²) in [7, 11) is 0. The molecule has 2 atom stereocenters. The normalized spacial score (nSPS) is 20.0. The van der Waals surface area contributed by atoms with Crippen molar-refractivity contribution in [2.45, 2.75) is 38.2 Å². The van der Waals surface area contributed by atoms with E-state index in [0.29, 0.717) is 17.6 Å². The molecule has 3 aromatic rings. The maximum Gasteiger partial charge on any atom is 0.337 e. The number of allylic oxidation sites excluding steroid dienone is 3. The maximum atomic E-state index is 13.6. The number of hydrogen-bond donors (Lipinski definition) is 1. The third kappa shape index (κ3) is 4.29. The number of nitrogens with one attached hydrogen (secondary N) is 1. The summed E-state index contributed by atoms with van der Waals surface area (Å²) in [5.41, 5.74) is 5.69. The Labute approximate surface area is 199 Å². The van der Waals surface area contributed by atoms with E-state index in [0.717, 1.165) is 34.5 Å². The SMILES string of the molecule is CC1=C(C(=O)OCc2ccccc2)[C@H](c2ccncc2)C2=C(C[C@@H](c3ccccc3)CC2=O)N1. The molecular formula is C29H26N2O3. The van der Waals surface area contributed by atoms with Gasteiger partial charge in [0.2, 0.25) is 0 Å². The minimum absolute atomic E-state index is 0.0604. The van der Waals surface area contributed by atoms with Crippen LogP contribution in [0.25, 0.3) is 0 Å². The summed E-state index contributed by atoms with van der Waals surface area (Å²) in [6, 6.07) is 23.5. The summed E-state index contributed by atoms with van der Waals surface area (Å²) in [4.78, 5) is 31.1. The first-order valence-electron chi connectivity index (χ1n) is 11.5. The molecule has 0 spiro atoms. The summed E-state index contributed by atoms with van der Waals surface area (Å²) in [5.74, 6) is -0.727. The van der Waals surface area contributed by atoms with E-state index < -0.39 is 11.9 Å². The number of aromatic nitrogens is 1. The fourth-order valence-corrected chi connectivity index (χ4v) is 4.96. The Morgan fingerprint density at radius 3 is 2.32 bits per heavy atom. The lowest BCUT2D eigenvalue weighted by Gasteiger charge is -2.36. The van der Waals surface area contributed by atoms with Crippen molar-refractivity contribution in [3.63, 3.8) is 0 Å². The molecule has 0 unspecified atom stereocenters. The molecule has 1 aliphatic carbocycles. The molecule has 0 amide bonds. The van der Waals surface area contributed by atoms with Crippen molar-refractivity contribution in [3.05, 3.63) is 124 Å². The van der Waals surface area contributed by atoms with E-state index >= 15 is 0 Å². The van der Waals surface area contributed by atoms with Crippen molar-refractivity contribution in [3.8, 4) is 0 Å². The Hall–Kier alpha value is -3.99. The van der Waals surface area contributed by atoms with E-state index in [2.05, 4.69) is 22.4 Å². The van der Waals surface area contributed by atoms with Gasteiger partial charge in [0.15, 0.2) is 5.78 Å². The summed E-state index contributed by atoms with van der Waals surface area (Å²) in [6.45, 7) is 2.06. The number of nitrogens with zero attached hydrogens (tertiary/aromatic N) is 1. The van der Waals surface area contributed by atoms with Crippen LogP contribution in [0.5, 0.6) is 0 Å². The van der Waals surface area contributed by atoms with Crippen LogP contribution >= 0.6 is 0 Å². The predicted octanol–water partition coefficient (Wildman–Crippen LogP) is 5.19. The van der Waals surface area contributed by atoms with E-state index in [4.69, 9.17) is 4.74 Å². The van der Waals surface area contributed by atoms with Crippen LogP contribution in [0.15, 0.2) is 108 Å². The Kier molecular flexibility index (Phi) is 6.09. The molecule has 0 bridgehead atoms. The van der Waals surface area contributed by atoms with Crippen molar-refractivity contribution in [2.75, 3.05) is 0 Å². The maximum absolute atomic E-state index is 13.6. The average Bonchev–Trinajstić information content (AvgIpc) is 2.88. The molecular weight excluding hydrogens is 424 g/mol. The monoisotopic (exact) mass is 450 g/mol. The molecule has 5 nitrogen and oxygen atoms in total. The van der Waals surface area contributed by atoms with E-state index in [1.165, 1.54) is 0 Å². The minimum Gasteiger partial charge on any atom is -0.457 e. The van der Waals surface area contributed by atoms with Crippen molar-refractivity contribution in [1.82, 2.24) is 10.3 Å². The van der Waals surface area contributed by atoms with Gasteiger partial charge in [-0.2, -0.15) is 0 Å². The number of benzene rings is 2. The van der Waals surface area contributed by atoms with Crippen molar-refractivity contribution >= 4 is 11.8 Å². The number of Topliss-reactive ketones (excluding diaryl/α,β-unsaturated/α-hetero) is 1. The number of esters is 1. The third-order valence-corrected chi connectivity index (χ3v) is 6.57. The molecule has 170 valence electrons. The van der Waals surface area contributed by atoms with E-state index in [-0.39, 0.29) is 18.3 Å². The second-order valence-electron chi connectivity index (χ2n) is 8.77. The fraction of sp³-hybridized carbons (Fsp3) is 0.207. The zero-order valence-electron chi connectivity index (χ0n) is 19.0. The van der Waals surface area contributed by atoms with Gasteiger partial charge in [-0.3, -0.25) is 9.78 Å². The van der Waals surface area contributed by atoms with Gasteiger partial charge in [-0.15, -0.1) is 0 Å². The quantitative estimate of drug-likeness (QED) is 0.542. The Bertz CT molecular complexity index is 1260. The number of dihydropyridines is 1. The molecule has 5 rings (SSSR count). The van der Waals surface area contributed by atoms with Crippen LogP contribution in [0.1, 0.15) is 48.3 Å². The Morgan fingerprint density at radius 1 is 0.941 bits per heavy atom. The topological polar surface area (TPSA) is 68.3 Å². The number of carbonyl (C=O) groups is 2. The van der Waals surface area contributed by atoms with Gasteiger partial charge in [-0.05, 0) is 48.1 Å². The van der Waals surface area contributed by atoms with Gasteiger partial charge in [0.1, 0.15) is 6.61 Å². The lowest BCUT2D eigenvalue weighted by Crippen LogP contribution is -2.36. The van der Waals surface area contributed by atoms with Gasteiger partial charge in [-0.1, -0.05) is 60.7 Å². The van der Waals surface area contributed by atoms with Crippen molar-refractivity contribution in [2.24, 2.45) is 0 Å². The number of pyridine rings is 1. The molecule has 0 radical (unpaired) electrons. The zero-order chi connectivity index (χ0) is 23.5. The molecule has 1 aliphatic heterocycles. The first-order valence-corrected chi connectivity index (χ1v) is 11.5. The van der Waals surface area contributed by atoms with Gasteiger partial charge in [0.05, 0.1) is 5.57 Å². The second-order valence-corrected chi connectivity index (χ2v) is 8.77. The Balaban J connectivity index is 1.50. The molecule has 2 heterocycles. The van der Waals surface area contributed by atoms with Gasteiger partial charge in [-0.25, -0.2) is 4.79 Å². The van der Waals surface area contributed by atoms with E-state index in [1.807, 2.05) is 67.6 Å². The molecule has 0 fully saturated rings. The van der Waals surface area contributed by atoms with Crippen molar-refractivity contribution < 1.29 is 14.3 Å². The second kappa shape index (κ2) is 9.48. The molecule has 0 saturated carbocycles. The van der Waals surface area contributed by atoms with Crippen LogP contribution < -0.4 is 5.32 Å². The molecule has 34 heavy (non-hydrogen) atoms. The van der Waals surface area contributed by atoms with Gasteiger partial charge in [0.25, 0.3) is 0 Å². The van der Waals surface area contributed by atoms with Crippen LogP contribution in [0.2, 0.25) is 0 Å². The number of rotatable bonds is 5. The summed E-state index contributed by atoms with van der Waals surface area (Å²) in [5, 5.41) is 3.40. The van der Waals surface area contributed by atoms with E-state index in [1.54, 1.807) is 12.4 Å². The number of ether oxygens (including phenoxy) is 1. The van der Waals surface area contributed by atoms with Crippen LogP contribution in [0.4, 0.5) is 0 Å². The van der Waals surface area contributed by atoms with Gasteiger partial charge >= 0.3 is 5.97 Å². The smallest absolute Gasteiger partial charge is 0.337 e. The minimum atomic E-state index is -0.480.